The van der Waals surface area contributed by atoms with E-state index in [1.54, 1.807) is 0 Å². The molecule has 0 N–H and O–H groups in total. The Morgan fingerprint density at radius 2 is 0.710 bits per heavy atom. The fourth-order valence-corrected chi connectivity index (χ4v) is 19.5. The largest absolute Gasteiger partial charge is 0.426 e. The molecule has 0 aliphatic heterocycles. The molecule has 6 heteroatoms. The molecule has 0 unspecified atom stereocenters. The van der Waals surface area contributed by atoms with Crippen molar-refractivity contribution in [2.45, 2.75) is 141 Å². The highest BCUT2D eigenvalue weighted by atomic mass is 32.2. The van der Waals surface area contributed by atoms with E-state index in [1.807, 2.05) is 0 Å². The molecule has 8 fully saturated rings. The Morgan fingerprint density at radius 1 is 0.420 bits per heavy atom. The molecule has 0 radical (unpaired) electrons. The summed E-state index contributed by atoms with van der Waals surface area (Å²) in [5.74, 6) is 6.31. The molecule has 354 valence electrons. The first-order valence-corrected chi connectivity index (χ1v) is 28.3. The van der Waals surface area contributed by atoms with Crippen molar-refractivity contribution in [2.24, 2.45) is 46.3 Å². The van der Waals surface area contributed by atoms with Crippen molar-refractivity contribution in [3.05, 3.63) is 168 Å². The Kier molecular flexibility index (Phi) is 13.0. The molecule has 8 bridgehead atoms. The van der Waals surface area contributed by atoms with Gasteiger partial charge in [-0.1, -0.05) is 72.8 Å². The van der Waals surface area contributed by atoms with Crippen molar-refractivity contribution in [1.29, 1.82) is 0 Å². The highest BCUT2D eigenvalue weighted by molar-refractivity contribution is 7.97. The lowest BCUT2D eigenvalue weighted by atomic mass is 9.49. The number of esters is 2. The van der Waals surface area contributed by atoms with E-state index < -0.39 is 0 Å². The summed E-state index contributed by atoms with van der Waals surface area (Å²) in [6.45, 7) is 8.36. The average molecular weight is 953 g/mol. The monoisotopic (exact) mass is 952 g/mol. The van der Waals surface area contributed by atoms with Gasteiger partial charge in [0.15, 0.2) is 29.4 Å². The molecule has 4 nitrogen and oxygen atoms in total. The summed E-state index contributed by atoms with van der Waals surface area (Å²) >= 11 is 0. The van der Waals surface area contributed by atoms with Gasteiger partial charge in [-0.15, -0.1) is 0 Å². The molecule has 0 aromatic heterocycles. The molecule has 0 saturated heterocycles. The van der Waals surface area contributed by atoms with Crippen molar-refractivity contribution in [3.8, 4) is 11.5 Å². The van der Waals surface area contributed by atoms with Crippen LogP contribution in [0.2, 0.25) is 0 Å². The van der Waals surface area contributed by atoms with Crippen LogP contribution in [0.1, 0.15) is 106 Å². The van der Waals surface area contributed by atoms with E-state index >= 15 is 0 Å². The summed E-state index contributed by atoms with van der Waals surface area (Å²) in [5, 5.41) is 0. The number of aryl methyl sites for hydroxylation is 4. The molecule has 0 amide bonds. The summed E-state index contributed by atoms with van der Waals surface area (Å²) < 4.78 is 12.4. The highest BCUT2D eigenvalue weighted by Crippen LogP contribution is 2.62. The Labute approximate surface area is 416 Å². The Morgan fingerprint density at radius 3 is 1.03 bits per heavy atom. The summed E-state index contributed by atoms with van der Waals surface area (Å²) in [4.78, 5) is 34.6. The average Bonchev–Trinajstić information content (AvgIpc) is 3.32. The van der Waals surface area contributed by atoms with Crippen LogP contribution in [0.3, 0.4) is 0 Å². The normalized spacial score (nSPS) is 27.0. The van der Waals surface area contributed by atoms with Crippen LogP contribution < -0.4 is 9.47 Å². The van der Waals surface area contributed by atoms with Gasteiger partial charge in [-0.05, 0) is 216 Å². The molecule has 8 aliphatic carbocycles. The second-order valence-electron chi connectivity index (χ2n) is 22.3. The first-order chi connectivity index (χ1) is 33.5. The van der Waals surface area contributed by atoms with Crippen LogP contribution in [0, 0.1) is 74.0 Å². The standard InChI is InChI=1S/C32H35O2S.C31H33O2S/c1-22-13-29(35(27-9-5-3-6-10-27)28-11-7-4-8-12-28)14-23(2)31(22)34-30(33)21-32-18-24-15-25(19-32)17-26(16-24)20-32;1-21-13-28(34(26-9-5-3-6-10-26)27-11-7-4-8-12-27)14-22(2)29(21)33-30(32)31-18-23-15-24(19-31)17-25(16-23)20-31/h3-14,24-26H,15-21H2,1-2H3;3-14,23-25H,15-20H2,1-2H3/q2*+1. The molecular formula is C63H68O4S2+2. The fraction of sp³-hybridized carbons (Fsp3) is 0.397. The number of hydrogen-bond donors (Lipinski definition) is 0. The molecular weight excluding hydrogens is 885 g/mol. The maximum Gasteiger partial charge on any atom is 0.317 e. The van der Waals surface area contributed by atoms with Gasteiger partial charge in [-0.3, -0.25) is 9.59 Å². The summed E-state index contributed by atoms with van der Waals surface area (Å²) in [5.41, 5.74) is 4.17. The van der Waals surface area contributed by atoms with E-state index in [0.29, 0.717) is 6.42 Å². The van der Waals surface area contributed by atoms with Gasteiger partial charge in [0.2, 0.25) is 0 Å². The van der Waals surface area contributed by atoms with Gasteiger partial charge < -0.3 is 9.47 Å². The van der Waals surface area contributed by atoms with Gasteiger partial charge in [0, 0.05) is 24.3 Å². The number of rotatable bonds is 11. The Balaban J connectivity index is 0.000000151. The van der Waals surface area contributed by atoms with Crippen molar-refractivity contribution < 1.29 is 19.1 Å². The molecule has 6 aromatic carbocycles. The second kappa shape index (κ2) is 19.3. The SMILES string of the molecule is Cc1cc([S+](c2ccccc2)c2ccccc2)cc(C)c1OC(=O)C12CC3CC(CC(C3)C1)C2.Cc1cc([S+](c2ccccc2)c2ccccc2)cc(C)c1OC(=O)CC12CC3CC(CC(C3)C1)C2. The minimum Gasteiger partial charge on any atom is -0.426 e. The molecule has 14 rings (SSSR count). The maximum absolute atomic E-state index is 13.6. The lowest BCUT2D eigenvalue weighted by Gasteiger charge is -2.56. The van der Waals surface area contributed by atoms with Crippen LogP contribution in [0.4, 0.5) is 0 Å². The zero-order valence-electron chi connectivity index (χ0n) is 41.0. The van der Waals surface area contributed by atoms with E-state index in [-0.39, 0.29) is 44.6 Å². The zero-order chi connectivity index (χ0) is 47.3. The molecule has 8 aliphatic rings. The molecule has 6 aromatic rings. The third kappa shape index (κ3) is 9.62. The lowest BCUT2D eigenvalue weighted by Crippen LogP contribution is -2.51. The first kappa shape index (κ1) is 46.3. The van der Waals surface area contributed by atoms with Crippen LogP contribution in [-0.4, -0.2) is 11.9 Å². The molecule has 8 saturated carbocycles. The van der Waals surface area contributed by atoms with Gasteiger partial charge in [-0.2, -0.15) is 0 Å². The predicted molar refractivity (Wildman–Crippen MR) is 279 cm³/mol. The van der Waals surface area contributed by atoms with Crippen LogP contribution in [0.5, 0.6) is 11.5 Å². The topological polar surface area (TPSA) is 52.6 Å². The van der Waals surface area contributed by atoms with Crippen LogP contribution in [-0.2, 0) is 31.4 Å². The maximum atomic E-state index is 13.6. The van der Waals surface area contributed by atoms with Crippen LogP contribution in [0.25, 0.3) is 0 Å². The van der Waals surface area contributed by atoms with Crippen molar-refractivity contribution in [1.82, 2.24) is 0 Å². The predicted octanol–water partition coefficient (Wildman–Crippen LogP) is 15.4. The van der Waals surface area contributed by atoms with Gasteiger partial charge >= 0.3 is 11.9 Å². The Bertz CT molecular complexity index is 2610. The van der Waals surface area contributed by atoms with E-state index in [4.69, 9.17) is 9.47 Å². The highest BCUT2D eigenvalue weighted by Gasteiger charge is 2.56. The zero-order valence-corrected chi connectivity index (χ0v) is 42.6. The van der Waals surface area contributed by atoms with Crippen molar-refractivity contribution >= 4 is 33.7 Å². The van der Waals surface area contributed by atoms with Gasteiger partial charge in [0.25, 0.3) is 0 Å². The minimum absolute atomic E-state index is 0.0315. The fourth-order valence-electron chi connectivity index (χ4n) is 14.9. The minimum atomic E-state index is -0.231. The van der Waals surface area contributed by atoms with Gasteiger partial charge in [0.1, 0.15) is 11.5 Å². The summed E-state index contributed by atoms with van der Waals surface area (Å²) in [6.07, 6.45) is 15.6. The third-order valence-electron chi connectivity index (χ3n) is 16.8. The lowest BCUT2D eigenvalue weighted by molar-refractivity contribution is -0.161. The van der Waals surface area contributed by atoms with E-state index in [2.05, 4.69) is 173 Å². The number of ether oxygens (including phenoxy) is 2. The molecule has 0 heterocycles. The second-order valence-corrected chi connectivity index (χ2v) is 26.3. The third-order valence-corrected chi connectivity index (χ3v) is 21.2. The number of carbonyl (C=O) groups excluding carboxylic acids is 2. The van der Waals surface area contributed by atoms with Crippen LogP contribution in [0.15, 0.2) is 175 Å². The number of hydrogen-bond acceptors (Lipinski definition) is 4. The van der Waals surface area contributed by atoms with Gasteiger partial charge in [0.05, 0.1) is 33.6 Å². The van der Waals surface area contributed by atoms with E-state index in [0.717, 1.165) is 88.5 Å². The Hall–Kier alpha value is -5.04. The van der Waals surface area contributed by atoms with Crippen LogP contribution >= 0.6 is 0 Å². The molecule has 0 spiro atoms. The smallest absolute Gasteiger partial charge is 0.317 e. The quantitative estimate of drug-likeness (QED) is 0.0738. The van der Waals surface area contributed by atoms with E-state index in [9.17, 15) is 9.59 Å². The van der Waals surface area contributed by atoms with Crippen molar-refractivity contribution in [2.75, 3.05) is 0 Å². The summed E-state index contributed by atoms with van der Waals surface area (Å²) in [6, 6.07) is 51.8. The van der Waals surface area contributed by atoms with E-state index in [1.165, 1.54) is 87.2 Å². The van der Waals surface area contributed by atoms with Gasteiger partial charge in [-0.25, -0.2) is 0 Å². The summed E-state index contributed by atoms with van der Waals surface area (Å²) in [7, 11) is -0.411. The van der Waals surface area contributed by atoms with Crippen molar-refractivity contribution in [3.63, 3.8) is 0 Å². The molecule has 69 heavy (non-hydrogen) atoms. The number of carbonyl (C=O) groups is 2. The molecule has 0 atom stereocenters. The number of benzene rings is 6. The first-order valence-electron chi connectivity index (χ1n) is 25.8.